The van der Waals surface area contributed by atoms with E-state index in [0.717, 1.165) is 0 Å². The maximum absolute atomic E-state index is 13.9. The lowest BCUT2D eigenvalue weighted by Gasteiger charge is -2.07. The van der Waals surface area contributed by atoms with Crippen LogP contribution in [0.2, 0.25) is 5.02 Å². The fourth-order valence-electron chi connectivity index (χ4n) is 1.48. The van der Waals surface area contributed by atoms with Crippen LogP contribution in [0.25, 0.3) is 11.3 Å². The molecule has 0 aliphatic heterocycles. The third-order valence-corrected chi connectivity index (χ3v) is 2.70. The minimum Gasteiger partial charge on any atom is -0.464 e. The summed E-state index contributed by atoms with van der Waals surface area (Å²) in [6, 6.07) is 4.45. The standard InChI is InChI=1S/C12H9ClFN3O2/c1-19-12(18)10-11(15)16-5-8(17-10)6-3-2-4-7(13)9(6)14/h2-5H,1H3,(H2,15,16). The number of rotatable bonds is 2. The molecule has 0 spiro atoms. The minimum atomic E-state index is -0.741. The molecule has 0 unspecified atom stereocenters. The molecule has 1 aromatic heterocycles. The molecule has 0 saturated heterocycles. The molecule has 98 valence electrons. The van der Waals surface area contributed by atoms with Gasteiger partial charge in [0.05, 0.1) is 24.0 Å². The number of esters is 1. The number of halogens is 2. The number of hydrogen-bond donors (Lipinski definition) is 1. The molecule has 7 heteroatoms. The maximum Gasteiger partial charge on any atom is 0.360 e. The number of carbonyl (C=O) groups excluding carboxylic acids is 1. The fraction of sp³-hybridized carbons (Fsp3) is 0.0833. The Hall–Kier alpha value is -2.21. The van der Waals surface area contributed by atoms with Crippen LogP contribution in [0.5, 0.6) is 0 Å². The quantitative estimate of drug-likeness (QED) is 0.855. The van der Waals surface area contributed by atoms with Crippen LogP contribution in [0.1, 0.15) is 10.5 Å². The maximum atomic E-state index is 13.9. The number of carbonyl (C=O) groups is 1. The highest BCUT2D eigenvalue weighted by Crippen LogP contribution is 2.26. The molecule has 0 amide bonds. The van der Waals surface area contributed by atoms with Gasteiger partial charge in [0.15, 0.2) is 17.3 Å². The number of methoxy groups -OCH3 is 1. The van der Waals surface area contributed by atoms with Crippen molar-refractivity contribution in [2.75, 3.05) is 12.8 Å². The molecular weight excluding hydrogens is 273 g/mol. The Morgan fingerprint density at radius 1 is 1.47 bits per heavy atom. The lowest BCUT2D eigenvalue weighted by molar-refractivity contribution is 0.0595. The van der Waals surface area contributed by atoms with E-state index >= 15 is 0 Å². The first kappa shape index (κ1) is 13.2. The van der Waals surface area contributed by atoms with Crippen molar-refractivity contribution >= 4 is 23.4 Å². The summed E-state index contributed by atoms with van der Waals surface area (Å²) in [5.74, 6) is -1.47. The van der Waals surface area contributed by atoms with E-state index in [0.29, 0.717) is 0 Å². The van der Waals surface area contributed by atoms with Crippen LogP contribution in [0.15, 0.2) is 24.4 Å². The topological polar surface area (TPSA) is 78.1 Å². The van der Waals surface area contributed by atoms with Gasteiger partial charge >= 0.3 is 5.97 Å². The number of aromatic nitrogens is 2. The van der Waals surface area contributed by atoms with Gasteiger partial charge in [0.25, 0.3) is 0 Å². The number of nitrogens with zero attached hydrogens (tertiary/aromatic N) is 2. The SMILES string of the molecule is COC(=O)c1nc(-c2cccc(Cl)c2F)cnc1N. The van der Waals surface area contributed by atoms with Crippen LogP contribution in [0, 0.1) is 5.82 Å². The summed E-state index contributed by atoms with van der Waals surface area (Å²) >= 11 is 5.69. The van der Waals surface area contributed by atoms with Crippen molar-refractivity contribution in [2.45, 2.75) is 0 Å². The highest BCUT2D eigenvalue weighted by molar-refractivity contribution is 6.31. The molecule has 0 saturated carbocycles. The van der Waals surface area contributed by atoms with E-state index in [9.17, 15) is 9.18 Å². The summed E-state index contributed by atoms with van der Waals surface area (Å²) in [7, 11) is 1.19. The smallest absolute Gasteiger partial charge is 0.360 e. The second-order valence-corrected chi connectivity index (χ2v) is 3.99. The van der Waals surface area contributed by atoms with E-state index in [-0.39, 0.29) is 27.8 Å². The van der Waals surface area contributed by atoms with Gasteiger partial charge in [-0.2, -0.15) is 0 Å². The first-order chi connectivity index (χ1) is 9.04. The van der Waals surface area contributed by atoms with E-state index in [1.54, 1.807) is 6.07 Å². The molecule has 0 fully saturated rings. The Balaban J connectivity index is 2.58. The lowest BCUT2D eigenvalue weighted by Crippen LogP contribution is -2.10. The number of benzene rings is 1. The van der Waals surface area contributed by atoms with Crippen molar-refractivity contribution in [1.29, 1.82) is 0 Å². The van der Waals surface area contributed by atoms with Gasteiger partial charge in [-0.1, -0.05) is 17.7 Å². The molecule has 5 nitrogen and oxygen atoms in total. The van der Waals surface area contributed by atoms with Crippen LogP contribution in [-0.4, -0.2) is 23.0 Å². The van der Waals surface area contributed by atoms with Crippen molar-refractivity contribution in [3.63, 3.8) is 0 Å². The number of ether oxygens (including phenoxy) is 1. The van der Waals surface area contributed by atoms with Gasteiger partial charge in [-0.15, -0.1) is 0 Å². The van der Waals surface area contributed by atoms with E-state index < -0.39 is 11.8 Å². The van der Waals surface area contributed by atoms with Crippen molar-refractivity contribution < 1.29 is 13.9 Å². The fourth-order valence-corrected chi connectivity index (χ4v) is 1.65. The molecule has 0 radical (unpaired) electrons. The molecule has 0 bridgehead atoms. The number of hydrogen-bond acceptors (Lipinski definition) is 5. The van der Waals surface area contributed by atoms with Gasteiger partial charge in [0.1, 0.15) is 0 Å². The Bertz CT molecular complexity index is 649. The second kappa shape index (κ2) is 5.19. The summed E-state index contributed by atoms with van der Waals surface area (Å²) in [5, 5.41) is -0.0456. The van der Waals surface area contributed by atoms with Crippen molar-refractivity contribution in [2.24, 2.45) is 0 Å². The van der Waals surface area contributed by atoms with Gasteiger partial charge in [0, 0.05) is 5.56 Å². The average molecular weight is 282 g/mol. The van der Waals surface area contributed by atoms with Gasteiger partial charge in [-0.25, -0.2) is 19.2 Å². The van der Waals surface area contributed by atoms with Gasteiger partial charge < -0.3 is 10.5 Å². The van der Waals surface area contributed by atoms with E-state index in [1.807, 2.05) is 0 Å². The van der Waals surface area contributed by atoms with Crippen LogP contribution in [-0.2, 0) is 4.74 Å². The monoisotopic (exact) mass is 281 g/mol. The zero-order valence-electron chi connectivity index (χ0n) is 9.85. The van der Waals surface area contributed by atoms with Crippen LogP contribution < -0.4 is 5.73 Å². The predicted molar refractivity (Wildman–Crippen MR) is 68.2 cm³/mol. The summed E-state index contributed by atoms with van der Waals surface area (Å²) in [4.78, 5) is 19.2. The highest BCUT2D eigenvalue weighted by Gasteiger charge is 2.17. The summed E-state index contributed by atoms with van der Waals surface area (Å²) in [6.45, 7) is 0. The molecular formula is C12H9ClFN3O2. The number of nitrogen functional groups attached to an aromatic ring is 1. The molecule has 0 aliphatic rings. The lowest BCUT2D eigenvalue weighted by atomic mass is 10.1. The Morgan fingerprint density at radius 2 is 2.21 bits per heavy atom. The van der Waals surface area contributed by atoms with Gasteiger partial charge in [0.2, 0.25) is 0 Å². The Labute approximate surface area is 113 Å². The van der Waals surface area contributed by atoms with Crippen molar-refractivity contribution in [3.8, 4) is 11.3 Å². The molecule has 2 rings (SSSR count). The van der Waals surface area contributed by atoms with E-state index in [4.69, 9.17) is 17.3 Å². The molecule has 0 atom stereocenters. The summed E-state index contributed by atoms with van der Waals surface area (Å²) in [5.41, 5.74) is 5.63. The first-order valence-corrected chi connectivity index (χ1v) is 5.57. The normalized spacial score (nSPS) is 10.3. The Kier molecular flexibility index (Phi) is 3.62. The highest BCUT2D eigenvalue weighted by atomic mass is 35.5. The van der Waals surface area contributed by atoms with Crippen LogP contribution in [0.4, 0.5) is 10.2 Å². The Morgan fingerprint density at radius 3 is 2.89 bits per heavy atom. The largest absolute Gasteiger partial charge is 0.464 e. The third kappa shape index (κ3) is 2.48. The third-order valence-electron chi connectivity index (χ3n) is 2.41. The predicted octanol–water partition coefficient (Wildman–Crippen LogP) is 2.30. The van der Waals surface area contributed by atoms with Crippen molar-refractivity contribution in [1.82, 2.24) is 9.97 Å². The molecule has 2 aromatic rings. The second-order valence-electron chi connectivity index (χ2n) is 3.58. The van der Waals surface area contributed by atoms with E-state index in [1.165, 1.54) is 25.4 Å². The van der Waals surface area contributed by atoms with Crippen LogP contribution in [0.3, 0.4) is 0 Å². The zero-order chi connectivity index (χ0) is 14.0. The van der Waals surface area contributed by atoms with Gasteiger partial charge in [-0.05, 0) is 12.1 Å². The van der Waals surface area contributed by atoms with Crippen LogP contribution >= 0.6 is 11.6 Å². The molecule has 1 aromatic carbocycles. The minimum absolute atomic E-state index is 0.0456. The molecule has 1 heterocycles. The van der Waals surface area contributed by atoms with Gasteiger partial charge in [-0.3, -0.25) is 0 Å². The average Bonchev–Trinajstić information content (AvgIpc) is 2.42. The van der Waals surface area contributed by atoms with E-state index in [2.05, 4.69) is 14.7 Å². The molecule has 2 N–H and O–H groups in total. The number of nitrogens with two attached hydrogens (primary N) is 1. The molecule has 0 aliphatic carbocycles. The van der Waals surface area contributed by atoms with Crippen molar-refractivity contribution in [3.05, 3.63) is 40.9 Å². The number of anilines is 1. The summed E-state index contributed by atoms with van der Waals surface area (Å²) in [6.07, 6.45) is 1.26. The zero-order valence-corrected chi connectivity index (χ0v) is 10.6. The first-order valence-electron chi connectivity index (χ1n) is 5.19. The molecule has 19 heavy (non-hydrogen) atoms. The summed E-state index contributed by atoms with van der Waals surface area (Å²) < 4.78 is 18.4.